The fraction of sp³-hybridized carbons (Fsp3) is 1.00. The van der Waals surface area contributed by atoms with Crippen molar-refractivity contribution in [3.8, 4) is 0 Å². The van der Waals surface area contributed by atoms with Gasteiger partial charge in [0, 0.05) is 6.04 Å². The number of hydrogen-bond acceptors (Lipinski definition) is 2. The minimum absolute atomic E-state index is 0.632. The summed E-state index contributed by atoms with van der Waals surface area (Å²) in [6.45, 7) is 5.14. The second-order valence-electron chi connectivity index (χ2n) is 3.45. The molecule has 0 atom stereocenters. The van der Waals surface area contributed by atoms with Gasteiger partial charge in [0.25, 0.3) is 0 Å². The maximum atomic E-state index is 5.25. The van der Waals surface area contributed by atoms with Gasteiger partial charge in [0.05, 0.1) is 6.61 Å². The second kappa shape index (κ2) is 3.94. The van der Waals surface area contributed by atoms with Crippen LogP contribution in [0.2, 0.25) is 0 Å². The summed E-state index contributed by atoms with van der Waals surface area (Å²) < 4.78 is 0. The van der Waals surface area contributed by atoms with Crippen LogP contribution in [0.5, 0.6) is 0 Å². The minimum Gasteiger partial charge on any atom is -0.301 e. The molecule has 0 amide bonds. The van der Waals surface area contributed by atoms with Crippen LogP contribution >= 0.6 is 0 Å². The van der Waals surface area contributed by atoms with Crippen LogP contribution in [-0.4, -0.2) is 12.6 Å². The van der Waals surface area contributed by atoms with Crippen LogP contribution in [0.1, 0.15) is 33.1 Å². The summed E-state index contributed by atoms with van der Waals surface area (Å²) in [5.74, 6) is 0.632. The van der Waals surface area contributed by atoms with Gasteiger partial charge in [0.1, 0.15) is 0 Å². The van der Waals surface area contributed by atoms with Crippen LogP contribution in [0.3, 0.4) is 0 Å². The molecule has 1 rings (SSSR count). The first-order valence-electron chi connectivity index (χ1n) is 4.16. The number of nitrogens with one attached hydrogen (secondary N) is 1. The largest absolute Gasteiger partial charge is 0.301 e. The van der Waals surface area contributed by atoms with Gasteiger partial charge in [-0.3, -0.25) is 0 Å². The zero-order valence-corrected chi connectivity index (χ0v) is 6.89. The fourth-order valence-electron chi connectivity index (χ4n) is 0.859. The highest BCUT2D eigenvalue weighted by atomic mass is 16.6. The van der Waals surface area contributed by atoms with Gasteiger partial charge >= 0.3 is 0 Å². The van der Waals surface area contributed by atoms with Crippen LogP contribution in [0, 0.1) is 5.92 Å². The molecule has 0 aromatic heterocycles. The molecule has 0 bridgehead atoms. The van der Waals surface area contributed by atoms with Crippen molar-refractivity contribution in [2.24, 2.45) is 5.92 Å². The third-order valence-corrected chi connectivity index (χ3v) is 1.77. The maximum Gasteiger partial charge on any atom is 0.0705 e. The monoisotopic (exact) mass is 143 g/mol. The molecule has 0 spiro atoms. The summed E-state index contributed by atoms with van der Waals surface area (Å²) >= 11 is 0. The SMILES string of the molecule is CC(C)CONC1CCC1. The summed E-state index contributed by atoms with van der Waals surface area (Å²) in [4.78, 5) is 5.25. The van der Waals surface area contributed by atoms with E-state index in [0.29, 0.717) is 12.0 Å². The molecule has 0 saturated heterocycles. The van der Waals surface area contributed by atoms with Crippen molar-refractivity contribution in [2.45, 2.75) is 39.2 Å². The first-order valence-corrected chi connectivity index (χ1v) is 4.16. The molecule has 10 heavy (non-hydrogen) atoms. The molecule has 1 fully saturated rings. The van der Waals surface area contributed by atoms with E-state index in [1.54, 1.807) is 0 Å². The minimum atomic E-state index is 0.632. The van der Waals surface area contributed by atoms with E-state index in [9.17, 15) is 0 Å². The quantitative estimate of drug-likeness (QED) is 0.605. The lowest BCUT2D eigenvalue weighted by Crippen LogP contribution is -2.35. The summed E-state index contributed by atoms with van der Waals surface area (Å²) in [6, 6.07) is 0.652. The molecule has 0 aromatic carbocycles. The topological polar surface area (TPSA) is 21.3 Å². The van der Waals surface area contributed by atoms with Gasteiger partial charge in [-0.05, 0) is 18.8 Å². The van der Waals surface area contributed by atoms with Crippen LogP contribution in [0.25, 0.3) is 0 Å². The van der Waals surface area contributed by atoms with E-state index in [-0.39, 0.29) is 0 Å². The van der Waals surface area contributed by atoms with Crippen molar-refractivity contribution >= 4 is 0 Å². The molecular formula is C8H17NO. The third-order valence-electron chi connectivity index (χ3n) is 1.77. The zero-order chi connectivity index (χ0) is 7.40. The highest BCUT2D eigenvalue weighted by molar-refractivity contribution is 4.72. The van der Waals surface area contributed by atoms with Crippen LogP contribution in [0.4, 0.5) is 0 Å². The average Bonchev–Trinajstić information content (AvgIpc) is 1.75. The lowest BCUT2D eigenvalue weighted by atomic mass is 9.94. The van der Waals surface area contributed by atoms with Gasteiger partial charge < -0.3 is 4.84 Å². The summed E-state index contributed by atoms with van der Waals surface area (Å²) in [5.41, 5.74) is 3.05. The lowest BCUT2D eigenvalue weighted by molar-refractivity contribution is -0.0163. The Morgan fingerprint density at radius 1 is 1.50 bits per heavy atom. The van der Waals surface area contributed by atoms with Crippen molar-refractivity contribution in [2.75, 3.05) is 6.61 Å². The lowest BCUT2D eigenvalue weighted by Gasteiger charge is -2.26. The Labute approximate surface area is 62.9 Å². The predicted octanol–water partition coefficient (Wildman–Crippen LogP) is 1.72. The van der Waals surface area contributed by atoms with Gasteiger partial charge in [-0.15, -0.1) is 0 Å². The van der Waals surface area contributed by atoms with E-state index in [0.717, 1.165) is 6.61 Å². The first kappa shape index (κ1) is 8.02. The fourth-order valence-corrected chi connectivity index (χ4v) is 0.859. The van der Waals surface area contributed by atoms with E-state index in [1.165, 1.54) is 19.3 Å². The summed E-state index contributed by atoms with van der Waals surface area (Å²) in [5, 5.41) is 0. The molecule has 1 N–H and O–H groups in total. The Bertz CT molecular complexity index is 89.3. The molecule has 1 aliphatic carbocycles. The Kier molecular flexibility index (Phi) is 3.16. The molecule has 1 saturated carbocycles. The number of hydroxylamine groups is 1. The maximum absolute atomic E-state index is 5.25. The van der Waals surface area contributed by atoms with Crippen molar-refractivity contribution < 1.29 is 4.84 Å². The van der Waals surface area contributed by atoms with E-state index in [1.807, 2.05) is 0 Å². The Hall–Kier alpha value is -0.0800. The molecule has 0 unspecified atom stereocenters. The molecule has 0 heterocycles. The van der Waals surface area contributed by atoms with Crippen LogP contribution in [-0.2, 0) is 4.84 Å². The van der Waals surface area contributed by atoms with E-state index in [2.05, 4.69) is 19.3 Å². The van der Waals surface area contributed by atoms with E-state index >= 15 is 0 Å². The Balaban J connectivity index is 1.85. The van der Waals surface area contributed by atoms with Crippen LogP contribution < -0.4 is 5.48 Å². The molecular weight excluding hydrogens is 126 g/mol. The predicted molar refractivity (Wildman–Crippen MR) is 41.6 cm³/mol. The van der Waals surface area contributed by atoms with Crippen LogP contribution in [0.15, 0.2) is 0 Å². The van der Waals surface area contributed by atoms with Gasteiger partial charge in [0.15, 0.2) is 0 Å². The average molecular weight is 143 g/mol. The van der Waals surface area contributed by atoms with Crippen molar-refractivity contribution in [3.63, 3.8) is 0 Å². The van der Waals surface area contributed by atoms with Gasteiger partial charge in [-0.25, -0.2) is 0 Å². The van der Waals surface area contributed by atoms with Crippen molar-refractivity contribution in [1.82, 2.24) is 5.48 Å². The molecule has 0 radical (unpaired) electrons. The zero-order valence-electron chi connectivity index (χ0n) is 6.89. The Morgan fingerprint density at radius 3 is 2.60 bits per heavy atom. The van der Waals surface area contributed by atoms with Gasteiger partial charge in [-0.1, -0.05) is 20.3 Å². The molecule has 2 nitrogen and oxygen atoms in total. The van der Waals surface area contributed by atoms with E-state index < -0.39 is 0 Å². The second-order valence-corrected chi connectivity index (χ2v) is 3.45. The van der Waals surface area contributed by atoms with Gasteiger partial charge in [-0.2, -0.15) is 5.48 Å². The van der Waals surface area contributed by atoms with Crippen molar-refractivity contribution in [3.05, 3.63) is 0 Å². The third kappa shape index (κ3) is 2.67. The molecule has 0 aliphatic heterocycles. The summed E-state index contributed by atoms with van der Waals surface area (Å²) in [6.07, 6.45) is 3.94. The Morgan fingerprint density at radius 2 is 2.20 bits per heavy atom. The number of rotatable bonds is 4. The highest BCUT2D eigenvalue weighted by Crippen LogP contribution is 2.17. The van der Waals surface area contributed by atoms with E-state index in [4.69, 9.17) is 4.84 Å². The van der Waals surface area contributed by atoms with Gasteiger partial charge in [0.2, 0.25) is 0 Å². The normalized spacial score (nSPS) is 19.5. The smallest absolute Gasteiger partial charge is 0.0705 e. The molecule has 0 aromatic rings. The molecule has 1 aliphatic rings. The molecule has 2 heteroatoms. The molecule has 60 valence electrons. The first-order chi connectivity index (χ1) is 4.79. The standard InChI is InChI=1S/C8H17NO/c1-7(2)6-10-9-8-4-3-5-8/h7-9H,3-6H2,1-2H3. The van der Waals surface area contributed by atoms with Crippen molar-refractivity contribution in [1.29, 1.82) is 0 Å². The number of hydrogen-bond donors (Lipinski definition) is 1. The summed E-state index contributed by atoms with van der Waals surface area (Å²) in [7, 11) is 0. The highest BCUT2D eigenvalue weighted by Gasteiger charge is 2.16.